The minimum absolute atomic E-state index is 0.0586. The molecule has 31 heavy (non-hydrogen) atoms. The Kier molecular flexibility index (Phi) is 4.78. The maximum atomic E-state index is 13.6. The minimum Gasteiger partial charge on any atom is -0.454 e. The molecule has 0 fully saturated rings. The lowest BCUT2D eigenvalue weighted by atomic mass is 10.00. The number of aromatic nitrogens is 1. The predicted molar refractivity (Wildman–Crippen MR) is 113 cm³/mol. The van der Waals surface area contributed by atoms with Crippen LogP contribution in [0.15, 0.2) is 54.7 Å². The summed E-state index contributed by atoms with van der Waals surface area (Å²) in [5, 5.41) is 11.1. The van der Waals surface area contributed by atoms with E-state index in [1.807, 2.05) is 36.5 Å². The molecule has 2 aliphatic rings. The van der Waals surface area contributed by atoms with E-state index in [0.717, 1.165) is 24.2 Å². The van der Waals surface area contributed by atoms with Crippen molar-refractivity contribution in [2.24, 2.45) is 0 Å². The molecule has 1 aromatic heterocycles. The summed E-state index contributed by atoms with van der Waals surface area (Å²) < 4.78 is 13.1. The fourth-order valence-corrected chi connectivity index (χ4v) is 4.43. The maximum Gasteiger partial charge on any atom is 0.270 e. The van der Waals surface area contributed by atoms with Crippen molar-refractivity contribution in [1.29, 1.82) is 0 Å². The highest BCUT2D eigenvalue weighted by Crippen LogP contribution is 2.39. The highest BCUT2D eigenvalue weighted by molar-refractivity contribution is 6.34. The van der Waals surface area contributed by atoms with Crippen molar-refractivity contribution < 1.29 is 19.2 Å². The zero-order valence-corrected chi connectivity index (χ0v) is 17.1. The molecule has 5 rings (SSSR count). The number of nitrogens with zero attached hydrogens (tertiary/aromatic N) is 3. The molecular weight excluding hydrogens is 422 g/mol. The topological polar surface area (TPSA) is 86.8 Å². The van der Waals surface area contributed by atoms with Gasteiger partial charge in [-0.05, 0) is 42.3 Å². The standard InChI is InChI=1S/C22H18ClN3O5/c23-17-12-15(26(28)29)5-6-16(17)22(27)25-10-2-9-24-8-1-3-18(24)21(25)14-4-7-19-20(11-14)31-13-30-19/h1,3-8,11-12,21H,2,9-10,13H2. The van der Waals surface area contributed by atoms with Crippen molar-refractivity contribution in [3.05, 3.63) is 86.7 Å². The summed E-state index contributed by atoms with van der Waals surface area (Å²) in [6.07, 6.45) is 2.77. The van der Waals surface area contributed by atoms with Crippen LogP contribution in [-0.4, -0.2) is 33.6 Å². The van der Waals surface area contributed by atoms with Crippen LogP contribution in [0, 0.1) is 10.1 Å². The number of nitro benzene ring substituents is 1. The molecule has 158 valence electrons. The van der Waals surface area contributed by atoms with Gasteiger partial charge in [0.05, 0.1) is 21.6 Å². The van der Waals surface area contributed by atoms with Gasteiger partial charge in [0.25, 0.3) is 11.6 Å². The highest BCUT2D eigenvalue weighted by Gasteiger charge is 2.33. The van der Waals surface area contributed by atoms with Gasteiger partial charge in [-0.3, -0.25) is 14.9 Å². The summed E-state index contributed by atoms with van der Waals surface area (Å²) in [7, 11) is 0. The first-order chi connectivity index (χ1) is 15.0. The summed E-state index contributed by atoms with van der Waals surface area (Å²) >= 11 is 6.28. The lowest BCUT2D eigenvalue weighted by molar-refractivity contribution is -0.384. The van der Waals surface area contributed by atoms with Crippen LogP contribution in [0.4, 0.5) is 5.69 Å². The molecule has 8 nitrogen and oxygen atoms in total. The molecule has 1 unspecified atom stereocenters. The van der Waals surface area contributed by atoms with Crippen molar-refractivity contribution in [3.8, 4) is 11.5 Å². The SMILES string of the molecule is O=C(c1ccc([N+](=O)[O-])cc1Cl)N1CCCn2cccc2C1c1ccc2c(c1)OCO2. The predicted octanol–water partition coefficient (Wildman–Crippen LogP) is 4.41. The van der Waals surface area contributed by atoms with E-state index in [4.69, 9.17) is 21.1 Å². The number of halogens is 1. The van der Waals surface area contributed by atoms with Crippen LogP contribution in [0.1, 0.15) is 34.1 Å². The molecule has 0 saturated heterocycles. The fourth-order valence-electron chi connectivity index (χ4n) is 4.18. The van der Waals surface area contributed by atoms with Crippen LogP contribution in [0.3, 0.4) is 0 Å². The van der Waals surface area contributed by atoms with Crippen molar-refractivity contribution in [2.45, 2.75) is 19.0 Å². The lowest BCUT2D eigenvalue weighted by Gasteiger charge is -2.31. The number of ether oxygens (including phenoxy) is 2. The summed E-state index contributed by atoms with van der Waals surface area (Å²) in [5.41, 5.74) is 1.94. The first-order valence-corrected chi connectivity index (χ1v) is 10.2. The van der Waals surface area contributed by atoms with E-state index in [2.05, 4.69) is 4.57 Å². The number of amides is 1. The van der Waals surface area contributed by atoms with Gasteiger partial charge in [-0.2, -0.15) is 0 Å². The van der Waals surface area contributed by atoms with Gasteiger partial charge in [0.15, 0.2) is 11.5 Å². The van der Waals surface area contributed by atoms with E-state index in [9.17, 15) is 14.9 Å². The summed E-state index contributed by atoms with van der Waals surface area (Å²) in [4.78, 5) is 25.9. The third-order valence-corrected chi connectivity index (χ3v) is 5.93. The second-order valence-corrected chi connectivity index (χ2v) is 7.82. The lowest BCUT2D eigenvalue weighted by Crippen LogP contribution is -2.36. The third-order valence-electron chi connectivity index (χ3n) is 5.62. The molecule has 0 radical (unpaired) electrons. The molecule has 0 aliphatic carbocycles. The van der Waals surface area contributed by atoms with Crippen LogP contribution < -0.4 is 9.47 Å². The van der Waals surface area contributed by atoms with Gasteiger partial charge in [-0.1, -0.05) is 17.7 Å². The largest absolute Gasteiger partial charge is 0.454 e. The van der Waals surface area contributed by atoms with Crippen LogP contribution in [0.2, 0.25) is 5.02 Å². The molecule has 1 atom stereocenters. The maximum absolute atomic E-state index is 13.6. The highest BCUT2D eigenvalue weighted by atomic mass is 35.5. The molecule has 9 heteroatoms. The van der Waals surface area contributed by atoms with E-state index >= 15 is 0 Å². The number of benzene rings is 2. The average Bonchev–Trinajstić information content (AvgIpc) is 3.38. The van der Waals surface area contributed by atoms with E-state index < -0.39 is 4.92 Å². The van der Waals surface area contributed by atoms with Crippen LogP contribution in [0.25, 0.3) is 0 Å². The molecular formula is C22H18ClN3O5. The zero-order chi connectivity index (χ0) is 21.5. The Bertz CT molecular complexity index is 1190. The van der Waals surface area contributed by atoms with Crippen LogP contribution in [0.5, 0.6) is 11.5 Å². The smallest absolute Gasteiger partial charge is 0.270 e. The molecule has 3 aromatic rings. The molecule has 3 heterocycles. The van der Waals surface area contributed by atoms with E-state index in [1.165, 1.54) is 18.2 Å². The Morgan fingerprint density at radius 2 is 1.94 bits per heavy atom. The number of hydrogen-bond acceptors (Lipinski definition) is 5. The quantitative estimate of drug-likeness (QED) is 0.445. The number of fused-ring (bicyclic) bond motifs is 2. The van der Waals surface area contributed by atoms with Gasteiger partial charge >= 0.3 is 0 Å². The number of rotatable bonds is 3. The molecule has 2 aliphatic heterocycles. The molecule has 0 spiro atoms. The second kappa shape index (κ2) is 7.63. The van der Waals surface area contributed by atoms with E-state index in [1.54, 1.807) is 4.90 Å². The monoisotopic (exact) mass is 439 g/mol. The fraction of sp³-hybridized carbons (Fsp3) is 0.227. The number of carbonyl (C=O) groups excluding carboxylic acids is 1. The zero-order valence-electron chi connectivity index (χ0n) is 16.4. The first-order valence-electron chi connectivity index (χ1n) is 9.82. The number of nitro groups is 1. The summed E-state index contributed by atoms with van der Waals surface area (Å²) in [6.45, 7) is 1.45. The van der Waals surface area contributed by atoms with Gasteiger partial charge in [0.1, 0.15) is 0 Å². The Morgan fingerprint density at radius 1 is 1.10 bits per heavy atom. The number of hydrogen-bond donors (Lipinski definition) is 0. The van der Waals surface area contributed by atoms with Crippen LogP contribution in [-0.2, 0) is 6.54 Å². The van der Waals surface area contributed by atoms with Gasteiger partial charge < -0.3 is 18.9 Å². The molecule has 1 amide bonds. The Labute approximate surface area is 182 Å². The number of aryl methyl sites for hydroxylation is 1. The minimum atomic E-state index is -0.533. The number of carbonyl (C=O) groups is 1. The Hall–Kier alpha value is -3.52. The van der Waals surface area contributed by atoms with Crippen molar-refractivity contribution in [1.82, 2.24) is 9.47 Å². The average molecular weight is 440 g/mol. The van der Waals surface area contributed by atoms with Crippen molar-refractivity contribution in [2.75, 3.05) is 13.3 Å². The summed E-state index contributed by atoms with van der Waals surface area (Å²) in [6, 6.07) is 13.2. The van der Waals surface area contributed by atoms with Crippen molar-refractivity contribution >= 4 is 23.2 Å². The van der Waals surface area contributed by atoms with Gasteiger partial charge in [0.2, 0.25) is 6.79 Å². The Morgan fingerprint density at radius 3 is 2.74 bits per heavy atom. The normalized spacial score (nSPS) is 17.2. The first kappa shape index (κ1) is 19.4. The van der Waals surface area contributed by atoms with Crippen LogP contribution >= 0.6 is 11.6 Å². The summed E-state index contributed by atoms with van der Waals surface area (Å²) in [5.74, 6) is 1.03. The number of non-ortho nitro benzene ring substituents is 1. The molecule has 0 bridgehead atoms. The van der Waals surface area contributed by atoms with Crippen molar-refractivity contribution in [3.63, 3.8) is 0 Å². The second-order valence-electron chi connectivity index (χ2n) is 7.42. The van der Waals surface area contributed by atoms with Gasteiger partial charge in [-0.25, -0.2) is 0 Å². The van der Waals surface area contributed by atoms with E-state index in [0.29, 0.717) is 18.0 Å². The molecule has 0 N–H and O–H groups in total. The van der Waals surface area contributed by atoms with Gasteiger partial charge in [0, 0.05) is 37.1 Å². The van der Waals surface area contributed by atoms with E-state index in [-0.39, 0.29) is 35.0 Å². The Balaban J connectivity index is 1.59. The third kappa shape index (κ3) is 3.38. The van der Waals surface area contributed by atoms with Gasteiger partial charge in [-0.15, -0.1) is 0 Å². The molecule has 2 aromatic carbocycles. The molecule has 0 saturated carbocycles.